The Labute approximate surface area is 194 Å². The normalized spacial score (nSPS) is 12.9. The van der Waals surface area contributed by atoms with Gasteiger partial charge < -0.3 is 9.15 Å². The number of sulfonamides is 1. The second-order valence-corrected chi connectivity index (χ2v) is 9.72. The van der Waals surface area contributed by atoms with Gasteiger partial charge in [0.1, 0.15) is 5.76 Å². The largest absolute Gasteiger partial charge is 0.451 e. The van der Waals surface area contributed by atoms with Crippen LogP contribution in [0, 0.1) is 10.1 Å². The van der Waals surface area contributed by atoms with Crippen LogP contribution in [0.5, 0.6) is 0 Å². The highest BCUT2D eigenvalue weighted by molar-refractivity contribution is 7.92. The minimum Gasteiger partial charge on any atom is -0.451 e. The van der Waals surface area contributed by atoms with E-state index >= 15 is 0 Å². The molecule has 0 N–H and O–H groups in total. The number of benzene rings is 2. The van der Waals surface area contributed by atoms with Gasteiger partial charge in [-0.15, -0.1) is 0 Å². The molecule has 0 unspecified atom stereocenters. The standard InChI is InChI=1S/C23H20N2O8S/c1-2-34(30,31)24-12-11-16-13-17(5-8-19(16)24)20(26)14-32-23(27)22-10-9-21(33-22)15-3-6-18(7-4-15)25(28)29/h3-10,13H,2,11-12,14H2,1H3. The number of nitrogens with zero attached hydrogens (tertiary/aromatic N) is 2. The molecule has 1 aliphatic rings. The molecule has 0 atom stereocenters. The summed E-state index contributed by atoms with van der Waals surface area (Å²) in [5, 5.41) is 10.8. The molecule has 0 saturated carbocycles. The molecule has 176 valence electrons. The first-order chi connectivity index (χ1) is 16.2. The molecule has 2 aromatic carbocycles. The fourth-order valence-corrected chi connectivity index (χ4v) is 4.78. The van der Waals surface area contributed by atoms with E-state index in [4.69, 9.17) is 9.15 Å². The summed E-state index contributed by atoms with van der Waals surface area (Å²) in [5.41, 5.74) is 2.09. The number of carbonyl (C=O) groups excluding carboxylic acids is 2. The van der Waals surface area contributed by atoms with Crippen LogP contribution < -0.4 is 4.31 Å². The number of esters is 1. The van der Waals surface area contributed by atoms with Crippen LogP contribution in [0.2, 0.25) is 0 Å². The lowest BCUT2D eigenvalue weighted by molar-refractivity contribution is -0.384. The first-order valence-corrected chi connectivity index (χ1v) is 12.0. The second-order valence-electron chi connectivity index (χ2n) is 7.53. The summed E-state index contributed by atoms with van der Waals surface area (Å²) >= 11 is 0. The smallest absolute Gasteiger partial charge is 0.374 e. The Balaban J connectivity index is 1.39. The van der Waals surface area contributed by atoms with Crippen molar-refractivity contribution >= 4 is 33.2 Å². The van der Waals surface area contributed by atoms with Crippen LogP contribution in [0.3, 0.4) is 0 Å². The van der Waals surface area contributed by atoms with Gasteiger partial charge in [-0.2, -0.15) is 0 Å². The number of non-ortho nitro benzene ring substituents is 1. The maximum Gasteiger partial charge on any atom is 0.374 e. The van der Waals surface area contributed by atoms with Crippen LogP contribution in [-0.4, -0.2) is 44.0 Å². The number of hydrogen-bond acceptors (Lipinski definition) is 8. The van der Waals surface area contributed by atoms with Gasteiger partial charge in [0, 0.05) is 29.8 Å². The van der Waals surface area contributed by atoms with Crippen molar-refractivity contribution in [3.05, 3.63) is 81.6 Å². The molecule has 1 aliphatic heterocycles. The van der Waals surface area contributed by atoms with Gasteiger partial charge in [0.25, 0.3) is 5.69 Å². The highest BCUT2D eigenvalue weighted by atomic mass is 32.2. The number of nitro benzene ring substituents is 1. The average molecular weight is 484 g/mol. The van der Waals surface area contributed by atoms with Crippen molar-refractivity contribution in [1.82, 2.24) is 0 Å². The maximum absolute atomic E-state index is 12.5. The van der Waals surface area contributed by atoms with Gasteiger partial charge in [0.15, 0.2) is 12.4 Å². The molecule has 0 fully saturated rings. The highest BCUT2D eigenvalue weighted by Gasteiger charge is 2.28. The van der Waals surface area contributed by atoms with Crippen LogP contribution in [-0.2, 0) is 21.2 Å². The number of carbonyl (C=O) groups is 2. The van der Waals surface area contributed by atoms with Crippen molar-refractivity contribution in [2.45, 2.75) is 13.3 Å². The molecule has 3 aromatic rings. The second kappa shape index (κ2) is 9.10. The number of fused-ring (bicyclic) bond motifs is 1. The zero-order valence-electron chi connectivity index (χ0n) is 18.1. The number of Topliss-reactive ketones (excluding diaryl/α,β-unsaturated/α-hetero) is 1. The lowest BCUT2D eigenvalue weighted by Crippen LogP contribution is -2.30. The van der Waals surface area contributed by atoms with E-state index in [9.17, 15) is 28.1 Å². The molecule has 0 saturated heterocycles. The minimum absolute atomic E-state index is 0.0121. The van der Waals surface area contributed by atoms with E-state index in [2.05, 4.69) is 0 Å². The molecule has 4 rings (SSSR count). The van der Waals surface area contributed by atoms with E-state index in [1.54, 1.807) is 19.1 Å². The van der Waals surface area contributed by atoms with Crippen molar-refractivity contribution in [2.75, 3.05) is 23.2 Å². The Bertz CT molecular complexity index is 1380. The van der Waals surface area contributed by atoms with Gasteiger partial charge in [-0.05, 0) is 61.4 Å². The predicted molar refractivity (Wildman–Crippen MR) is 122 cm³/mol. The van der Waals surface area contributed by atoms with Crippen molar-refractivity contribution in [2.24, 2.45) is 0 Å². The van der Waals surface area contributed by atoms with Crippen LogP contribution in [0.4, 0.5) is 11.4 Å². The predicted octanol–water partition coefficient (Wildman–Crippen LogP) is 3.61. The zero-order chi connectivity index (χ0) is 24.5. The molecular formula is C23H20N2O8S. The highest BCUT2D eigenvalue weighted by Crippen LogP contribution is 2.31. The molecule has 0 bridgehead atoms. The summed E-state index contributed by atoms with van der Waals surface area (Å²) < 4.78 is 36.3. The molecule has 0 aliphatic carbocycles. The van der Waals surface area contributed by atoms with Crippen molar-refractivity contribution in [3.63, 3.8) is 0 Å². The number of anilines is 1. The van der Waals surface area contributed by atoms with Gasteiger partial charge in [0.05, 0.1) is 16.4 Å². The molecule has 34 heavy (non-hydrogen) atoms. The van der Waals surface area contributed by atoms with Crippen molar-refractivity contribution < 1.29 is 32.1 Å². The molecule has 0 spiro atoms. The Hall–Kier alpha value is -3.99. The summed E-state index contributed by atoms with van der Waals surface area (Å²) in [5.74, 6) is -1.08. The molecular weight excluding hydrogens is 464 g/mol. The number of rotatable bonds is 8. The molecule has 0 amide bonds. The van der Waals surface area contributed by atoms with Crippen LogP contribution in [0.15, 0.2) is 59.0 Å². The fourth-order valence-electron chi connectivity index (χ4n) is 3.63. The summed E-state index contributed by atoms with van der Waals surface area (Å²) in [6.45, 7) is 1.39. The van der Waals surface area contributed by atoms with E-state index in [0.717, 1.165) is 5.56 Å². The topological polar surface area (TPSA) is 137 Å². The van der Waals surface area contributed by atoms with Crippen LogP contribution >= 0.6 is 0 Å². The van der Waals surface area contributed by atoms with Crippen molar-refractivity contribution in [1.29, 1.82) is 0 Å². The third-order valence-electron chi connectivity index (χ3n) is 5.46. The molecule has 11 heteroatoms. The maximum atomic E-state index is 12.5. The summed E-state index contributed by atoms with van der Waals surface area (Å²) in [6, 6.07) is 13.3. The number of ketones is 1. The summed E-state index contributed by atoms with van der Waals surface area (Å²) in [6.07, 6.45) is 0.493. The fraction of sp³-hybridized carbons (Fsp3) is 0.217. The summed E-state index contributed by atoms with van der Waals surface area (Å²) in [7, 11) is -3.38. The quantitative estimate of drug-likeness (QED) is 0.205. The van der Waals surface area contributed by atoms with E-state index in [-0.39, 0.29) is 17.2 Å². The monoisotopic (exact) mass is 484 g/mol. The van der Waals surface area contributed by atoms with Gasteiger partial charge in [-0.3, -0.25) is 19.2 Å². The number of furan rings is 1. The van der Waals surface area contributed by atoms with Gasteiger partial charge in [0.2, 0.25) is 15.8 Å². The Morgan fingerprint density at radius 2 is 1.85 bits per heavy atom. The third kappa shape index (κ3) is 4.55. The van der Waals surface area contributed by atoms with E-state index < -0.39 is 33.3 Å². The molecule has 0 radical (unpaired) electrons. The van der Waals surface area contributed by atoms with Crippen LogP contribution in [0.25, 0.3) is 11.3 Å². The number of ether oxygens (including phenoxy) is 1. The first-order valence-electron chi connectivity index (χ1n) is 10.4. The van der Waals surface area contributed by atoms with E-state index in [0.29, 0.717) is 35.5 Å². The number of hydrogen-bond donors (Lipinski definition) is 0. The molecule has 2 heterocycles. The molecule has 10 nitrogen and oxygen atoms in total. The summed E-state index contributed by atoms with van der Waals surface area (Å²) in [4.78, 5) is 35.1. The SMILES string of the molecule is CCS(=O)(=O)N1CCc2cc(C(=O)COC(=O)c3ccc(-c4ccc([N+](=O)[O-])cc4)o3)ccc21. The van der Waals surface area contributed by atoms with E-state index in [1.807, 2.05) is 0 Å². The Kier molecular flexibility index (Phi) is 6.20. The molecule has 1 aromatic heterocycles. The van der Waals surface area contributed by atoms with Gasteiger partial charge in [-0.1, -0.05) is 0 Å². The van der Waals surface area contributed by atoms with E-state index in [1.165, 1.54) is 46.8 Å². The Morgan fingerprint density at radius 1 is 1.12 bits per heavy atom. The van der Waals surface area contributed by atoms with Gasteiger partial charge >= 0.3 is 5.97 Å². The lowest BCUT2D eigenvalue weighted by Gasteiger charge is -2.18. The first kappa shape index (κ1) is 23.2. The average Bonchev–Trinajstić information content (AvgIpc) is 3.50. The van der Waals surface area contributed by atoms with Crippen molar-refractivity contribution in [3.8, 4) is 11.3 Å². The number of nitro groups is 1. The van der Waals surface area contributed by atoms with Crippen LogP contribution in [0.1, 0.15) is 33.4 Å². The minimum atomic E-state index is -3.38. The lowest BCUT2D eigenvalue weighted by atomic mass is 10.1. The Morgan fingerprint density at radius 3 is 2.53 bits per heavy atom. The van der Waals surface area contributed by atoms with Gasteiger partial charge in [-0.25, -0.2) is 13.2 Å². The third-order valence-corrected chi connectivity index (χ3v) is 7.24. The zero-order valence-corrected chi connectivity index (χ0v) is 18.9.